The van der Waals surface area contributed by atoms with Gasteiger partial charge in [-0.3, -0.25) is 0 Å². The molecule has 0 amide bonds. The Bertz CT molecular complexity index is 284. The van der Waals surface area contributed by atoms with E-state index < -0.39 is 0 Å². The van der Waals surface area contributed by atoms with Gasteiger partial charge in [-0.15, -0.1) is 0 Å². The van der Waals surface area contributed by atoms with E-state index in [1.165, 1.54) is 17.6 Å². The van der Waals surface area contributed by atoms with Crippen LogP contribution in [0.4, 0.5) is 0 Å². The molecule has 0 saturated carbocycles. The molecule has 0 aliphatic heterocycles. The van der Waals surface area contributed by atoms with Gasteiger partial charge in [0.15, 0.2) is 0 Å². The van der Waals surface area contributed by atoms with Gasteiger partial charge in [0.2, 0.25) is 0 Å². The highest BCUT2D eigenvalue weighted by molar-refractivity contribution is 5.19. The van der Waals surface area contributed by atoms with Gasteiger partial charge in [0.1, 0.15) is 0 Å². The SMILES string of the molecule is CCC/C(=C\C[C@H]1CC=C(C)C1(C)C)CO. The number of allylic oxidation sites excluding steroid dienone is 3. The van der Waals surface area contributed by atoms with Crippen LogP contribution < -0.4 is 0 Å². The van der Waals surface area contributed by atoms with Crippen LogP contribution in [0.5, 0.6) is 0 Å². The highest BCUT2D eigenvalue weighted by Gasteiger charge is 2.33. The lowest BCUT2D eigenvalue weighted by molar-refractivity contribution is 0.291. The van der Waals surface area contributed by atoms with Gasteiger partial charge >= 0.3 is 0 Å². The topological polar surface area (TPSA) is 20.2 Å². The summed E-state index contributed by atoms with van der Waals surface area (Å²) in [6.07, 6.45) is 9.10. The van der Waals surface area contributed by atoms with Gasteiger partial charge in [0.25, 0.3) is 0 Å². The minimum absolute atomic E-state index is 0.230. The van der Waals surface area contributed by atoms with E-state index in [-0.39, 0.29) is 6.61 Å². The van der Waals surface area contributed by atoms with Crippen molar-refractivity contribution >= 4 is 0 Å². The Morgan fingerprint density at radius 1 is 1.56 bits per heavy atom. The highest BCUT2D eigenvalue weighted by atomic mass is 16.3. The second kappa shape index (κ2) is 5.67. The van der Waals surface area contributed by atoms with Crippen LogP contribution in [-0.2, 0) is 0 Å². The first-order chi connectivity index (χ1) is 7.52. The standard InChI is InChI=1S/C15H26O/c1-5-6-13(11-16)8-10-14-9-7-12(2)15(14,3)4/h7-8,14,16H,5-6,9-11H2,1-4H3/b13-8+/t14-/m1/s1. The minimum atomic E-state index is 0.230. The number of hydrogen-bond donors (Lipinski definition) is 1. The van der Waals surface area contributed by atoms with Gasteiger partial charge in [0, 0.05) is 0 Å². The Morgan fingerprint density at radius 3 is 2.69 bits per heavy atom. The maximum absolute atomic E-state index is 9.23. The molecule has 0 aromatic carbocycles. The lowest BCUT2D eigenvalue weighted by Gasteiger charge is -2.29. The zero-order chi connectivity index (χ0) is 12.2. The average molecular weight is 222 g/mol. The Kier molecular flexibility index (Phi) is 4.79. The van der Waals surface area contributed by atoms with Crippen molar-refractivity contribution in [2.75, 3.05) is 6.61 Å². The Balaban J connectivity index is 2.56. The molecule has 0 aromatic heterocycles. The van der Waals surface area contributed by atoms with Crippen molar-refractivity contribution < 1.29 is 5.11 Å². The van der Waals surface area contributed by atoms with Crippen LogP contribution >= 0.6 is 0 Å². The summed E-state index contributed by atoms with van der Waals surface area (Å²) in [5.74, 6) is 0.714. The van der Waals surface area contributed by atoms with E-state index in [9.17, 15) is 5.11 Å². The van der Waals surface area contributed by atoms with Crippen LogP contribution in [0.25, 0.3) is 0 Å². The Hall–Kier alpha value is -0.560. The van der Waals surface area contributed by atoms with Gasteiger partial charge in [-0.1, -0.05) is 44.9 Å². The number of rotatable bonds is 5. The van der Waals surface area contributed by atoms with Crippen molar-refractivity contribution in [2.45, 2.75) is 53.4 Å². The first-order valence-corrected chi connectivity index (χ1v) is 6.48. The van der Waals surface area contributed by atoms with Crippen LogP contribution in [0, 0.1) is 11.3 Å². The van der Waals surface area contributed by atoms with Crippen molar-refractivity contribution in [3.8, 4) is 0 Å². The maximum Gasteiger partial charge on any atom is 0.0641 e. The third-order valence-electron chi connectivity index (χ3n) is 4.21. The summed E-state index contributed by atoms with van der Waals surface area (Å²) in [5, 5.41) is 9.23. The summed E-state index contributed by atoms with van der Waals surface area (Å²) >= 11 is 0. The molecule has 0 spiro atoms. The summed E-state index contributed by atoms with van der Waals surface area (Å²) in [6, 6.07) is 0. The molecular weight excluding hydrogens is 196 g/mol. The first-order valence-electron chi connectivity index (χ1n) is 6.48. The second-order valence-corrected chi connectivity index (χ2v) is 5.55. The molecular formula is C15H26O. The fraction of sp³-hybridized carbons (Fsp3) is 0.733. The third kappa shape index (κ3) is 2.98. The second-order valence-electron chi connectivity index (χ2n) is 5.55. The van der Waals surface area contributed by atoms with E-state index in [0.29, 0.717) is 11.3 Å². The van der Waals surface area contributed by atoms with Gasteiger partial charge in [-0.05, 0) is 43.1 Å². The predicted octanol–water partition coefficient (Wildman–Crippen LogP) is 4.09. The molecule has 92 valence electrons. The number of aliphatic hydroxyl groups excluding tert-OH is 1. The van der Waals surface area contributed by atoms with E-state index in [1.807, 2.05) is 0 Å². The minimum Gasteiger partial charge on any atom is -0.392 e. The Labute approximate surface area is 100 Å². The first kappa shape index (κ1) is 13.5. The summed E-state index contributed by atoms with van der Waals surface area (Å²) in [4.78, 5) is 0. The summed E-state index contributed by atoms with van der Waals surface area (Å²) in [5.41, 5.74) is 3.07. The zero-order valence-corrected chi connectivity index (χ0v) is 11.2. The number of hydrogen-bond acceptors (Lipinski definition) is 1. The van der Waals surface area contributed by atoms with Crippen molar-refractivity contribution in [3.63, 3.8) is 0 Å². The van der Waals surface area contributed by atoms with Crippen LogP contribution in [0.3, 0.4) is 0 Å². The molecule has 0 unspecified atom stereocenters. The average Bonchev–Trinajstić information content (AvgIpc) is 2.50. The quantitative estimate of drug-likeness (QED) is 0.695. The molecule has 1 aliphatic rings. The zero-order valence-electron chi connectivity index (χ0n) is 11.2. The van der Waals surface area contributed by atoms with E-state index in [0.717, 1.165) is 19.3 Å². The molecule has 1 rings (SSSR count). The van der Waals surface area contributed by atoms with Crippen LogP contribution in [0.1, 0.15) is 53.4 Å². The molecule has 1 N–H and O–H groups in total. The van der Waals surface area contributed by atoms with Gasteiger partial charge in [-0.2, -0.15) is 0 Å². The van der Waals surface area contributed by atoms with Gasteiger partial charge in [0.05, 0.1) is 6.61 Å². The van der Waals surface area contributed by atoms with Crippen LogP contribution in [0.2, 0.25) is 0 Å². The van der Waals surface area contributed by atoms with E-state index in [4.69, 9.17) is 0 Å². The maximum atomic E-state index is 9.23. The summed E-state index contributed by atoms with van der Waals surface area (Å²) in [7, 11) is 0. The highest BCUT2D eigenvalue weighted by Crippen LogP contribution is 2.44. The van der Waals surface area contributed by atoms with Crippen molar-refractivity contribution in [2.24, 2.45) is 11.3 Å². The van der Waals surface area contributed by atoms with Gasteiger partial charge < -0.3 is 5.11 Å². The monoisotopic (exact) mass is 222 g/mol. The van der Waals surface area contributed by atoms with Crippen LogP contribution in [0.15, 0.2) is 23.3 Å². The fourth-order valence-corrected chi connectivity index (χ4v) is 2.47. The molecule has 0 bridgehead atoms. The molecule has 1 heteroatoms. The summed E-state index contributed by atoms with van der Waals surface area (Å²) in [6.45, 7) is 9.30. The van der Waals surface area contributed by atoms with E-state index in [2.05, 4.69) is 39.8 Å². The third-order valence-corrected chi connectivity index (χ3v) is 4.21. The molecule has 0 heterocycles. The van der Waals surface area contributed by atoms with E-state index >= 15 is 0 Å². The largest absolute Gasteiger partial charge is 0.392 e. The van der Waals surface area contributed by atoms with Gasteiger partial charge in [-0.25, -0.2) is 0 Å². The smallest absolute Gasteiger partial charge is 0.0641 e. The molecule has 0 aromatic rings. The predicted molar refractivity (Wildman–Crippen MR) is 70.3 cm³/mol. The van der Waals surface area contributed by atoms with E-state index in [1.54, 1.807) is 0 Å². The van der Waals surface area contributed by atoms with Crippen molar-refractivity contribution in [1.82, 2.24) is 0 Å². The fourth-order valence-electron chi connectivity index (χ4n) is 2.47. The van der Waals surface area contributed by atoms with Crippen LogP contribution in [-0.4, -0.2) is 11.7 Å². The molecule has 1 atom stereocenters. The normalized spacial score (nSPS) is 24.7. The van der Waals surface area contributed by atoms with Crippen molar-refractivity contribution in [1.29, 1.82) is 0 Å². The Morgan fingerprint density at radius 2 is 2.25 bits per heavy atom. The number of aliphatic hydroxyl groups is 1. The molecule has 0 fully saturated rings. The molecule has 0 radical (unpaired) electrons. The molecule has 16 heavy (non-hydrogen) atoms. The van der Waals surface area contributed by atoms with Crippen molar-refractivity contribution in [3.05, 3.63) is 23.3 Å². The summed E-state index contributed by atoms with van der Waals surface area (Å²) < 4.78 is 0. The molecule has 1 aliphatic carbocycles. The molecule has 0 saturated heterocycles. The molecule has 1 nitrogen and oxygen atoms in total. The lowest BCUT2D eigenvalue weighted by atomic mass is 9.76. The lowest BCUT2D eigenvalue weighted by Crippen LogP contribution is -2.19.